The second-order valence-corrected chi connectivity index (χ2v) is 17.4. The van der Waals surface area contributed by atoms with Gasteiger partial charge in [-0.3, -0.25) is 0 Å². The zero-order chi connectivity index (χ0) is 22.9. The Bertz CT molecular complexity index is 1370. The van der Waals surface area contributed by atoms with Crippen molar-refractivity contribution in [3.05, 3.63) is 127 Å². The number of rotatable bonds is 5. The molecule has 162 valence electrons. The fourth-order valence-electron chi connectivity index (χ4n) is 4.87. The van der Waals surface area contributed by atoms with Crippen LogP contribution in [0.3, 0.4) is 0 Å². The van der Waals surface area contributed by atoms with Crippen molar-refractivity contribution in [3.63, 3.8) is 0 Å². The zero-order valence-electron chi connectivity index (χ0n) is 18.4. The van der Waals surface area contributed by atoms with Crippen molar-refractivity contribution < 1.29 is 0 Å². The van der Waals surface area contributed by atoms with E-state index in [9.17, 15) is 5.26 Å². The van der Waals surface area contributed by atoms with E-state index in [-0.39, 0.29) is 0 Å². The fraction of sp³-hybridized carbons (Fsp3) is 0.0690. The van der Waals surface area contributed by atoms with Gasteiger partial charge in [-0.05, 0) is 0 Å². The van der Waals surface area contributed by atoms with E-state index in [1.807, 2.05) is 18.2 Å². The third kappa shape index (κ3) is 3.42. The summed E-state index contributed by atoms with van der Waals surface area (Å²) >= 11 is 4.54. The summed E-state index contributed by atoms with van der Waals surface area (Å²) in [4.78, 5) is 0. The molecule has 0 aliphatic rings. The minimum atomic E-state index is -3.08. The van der Waals surface area contributed by atoms with Crippen molar-refractivity contribution >= 4 is 47.6 Å². The normalized spacial score (nSPS) is 12.7. The second-order valence-electron chi connectivity index (χ2n) is 8.43. The summed E-state index contributed by atoms with van der Waals surface area (Å²) in [5.74, 6) is 0. The van der Waals surface area contributed by atoms with Gasteiger partial charge >= 0.3 is 203 Å². The van der Waals surface area contributed by atoms with Crippen LogP contribution in [0.2, 0.25) is 0 Å². The Morgan fingerprint density at radius 2 is 1.21 bits per heavy atom. The van der Waals surface area contributed by atoms with Crippen molar-refractivity contribution in [3.8, 4) is 6.07 Å². The average molecular weight is 511 g/mol. The number of nitriles is 1. The molecule has 0 saturated heterocycles. The Labute approximate surface area is 202 Å². The molecule has 0 fully saturated rings. The Hall–Kier alpha value is -3.18. The van der Waals surface area contributed by atoms with Crippen molar-refractivity contribution in [1.29, 1.82) is 5.26 Å². The van der Waals surface area contributed by atoms with Gasteiger partial charge in [-0.15, -0.1) is 0 Å². The van der Waals surface area contributed by atoms with Crippen LogP contribution in [0.4, 0.5) is 0 Å². The van der Waals surface area contributed by atoms with Crippen LogP contribution in [-0.4, -0.2) is 4.57 Å². The predicted octanol–water partition coefficient (Wildman–Crippen LogP) is 6.39. The number of aromatic nitrogens is 1. The molecule has 0 aliphatic carbocycles. The first-order valence-corrected chi connectivity index (χ1v) is 15.4. The third-order valence-corrected chi connectivity index (χ3v) is 16.1. The summed E-state index contributed by atoms with van der Waals surface area (Å²) in [6.45, 7) is 0. The molecule has 0 saturated carbocycles. The number of nitrogens with zero attached hydrogens (tertiary/aromatic N) is 2. The van der Waals surface area contributed by atoms with E-state index in [0.29, 0.717) is 5.56 Å². The molecule has 33 heavy (non-hydrogen) atoms. The van der Waals surface area contributed by atoms with Crippen molar-refractivity contribution in [2.75, 3.05) is 0 Å². The first kappa shape index (κ1) is 21.7. The van der Waals surface area contributed by atoms with Crippen LogP contribution < -0.4 is 15.9 Å². The maximum absolute atomic E-state index is 9.39. The van der Waals surface area contributed by atoms with Crippen molar-refractivity contribution in [2.24, 2.45) is 7.05 Å². The van der Waals surface area contributed by atoms with Crippen molar-refractivity contribution in [2.45, 2.75) is 6.16 Å². The molecule has 1 aromatic heterocycles. The predicted molar refractivity (Wildman–Crippen MR) is 145 cm³/mol. The average Bonchev–Trinajstić information content (AvgIpc) is 3.19. The molecule has 0 radical (unpaired) electrons. The van der Waals surface area contributed by atoms with Gasteiger partial charge in [0.1, 0.15) is 0 Å². The monoisotopic (exact) mass is 510 g/mol. The first-order chi connectivity index (χ1) is 16.0. The first-order valence-electron chi connectivity index (χ1n) is 10.9. The molecule has 0 bridgehead atoms. The molecule has 5 rings (SSSR count). The van der Waals surface area contributed by atoms with Crippen LogP contribution in [0.25, 0.3) is 10.9 Å². The standard InChI is InChI=1S/C29H24BrN2P/c1-32-25(20-24-19-23(21-31)17-18-29(24)32)22-33(30,26-11-5-2-6-12-26,27-13-7-3-8-14-27)28-15-9-4-10-16-28/h2-20H,22H2,1H3. The third-order valence-electron chi connectivity index (χ3n) is 6.61. The van der Waals surface area contributed by atoms with Crippen LogP contribution >= 0.6 is 20.8 Å². The van der Waals surface area contributed by atoms with Crippen molar-refractivity contribution in [1.82, 2.24) is 4.57 Å². The van der Waals surface area contributed by atoms with Crippen LogP contribution in [0.1, 0.15) is 11.3 Å². The Morgan fingerprint density at radius 3 is 1.67 bits per heavy atom. The summed E-state index contributed by atoms with van der Waals surface area (Å²) < 4.78 is 2.27. The number of hydrogen-bond acceptors (Lipinski definition) is 1. The van der Waals surface area contributed by atoms with Gasteiger partial charge in [0.15, 0.2) is 0 Å². The molecule has 2 nitrogen and oxygen atoms in total. The SMILES string of the molecule is Cn1c(CP(Br)(c2ccccc2)(c2ccccc2)c2ccccc2)cc2cc(C#N)ccc21. The van der Waals surface area contributed by atoms with Crippen LogP contribution in [0.5, 0.6) is 0 Å². The van der Waals surface area contributed by atoms with Crippen LogP contribution in [0.15, 0.2) is 115 Å². The van der Waals surface area contributed by atoms with Gasteiger partial charge in [0.05, 0.1) is 0 Å². The minimum absolute atomic E-state index is 0.685. The van der Waals surface area contributed by atoms with Crippen LogP contribution in [-0.2, 0) is 13.2 Å². The molecule has 4 heteroatoms. The Morgan fingerprint density at radius 1 is 0.727 bits per heavy atom. The van der Waals surface area contributed by atoms with Gasteiger partial charge in [-0.2, -0.15) is 0 Å². The molecule has 0 atom stereocenters. The van der Waals surface area contributed by atoms with E-state index in [1.54, 1.807) is 0 Å². The molecule has 0 amide bonds. The van der Waals surface area contributed by atoms with Gasteiger partial charge in [-0.25, -0.2) is 0 Å². The van der Waals surface area contributed by atoms with E-state index in [4.69, 9.17) is 0 Å². The topological polar surface area (TPSA) is 28.7 Å². The summed E-state index contributed by atoms with van der Waals surface area (Å²) in [7, 11) is 2.12. The molecular formula is C29H24BrN2P. The summed E-state index contributed by atoms with van der Waals surface area (Å²) in [6.07, 6.45) is 0.816. The summed E-state index contributed by atoms with van der Waals surface area (Å²) in [5.41, 5.74) is 3.05. The fourth-order valence-corrected chi connectivity index (χ4v) is 12.5. The van der Waals surface area contributed by atoms with Crippen LogP contribution in [0, 0.1) is 11.3 Å². The molecular weight excluding hydrogens is 487 g/mol. The zero-order valence-corrected chi connectivity index (χ0v) is 20.9. The molecule has 0 aliphatic heterocycles. The number of hydrogen-bond donors (Lipinski definition) is 0. The van der Waals surface area contributed by atoms with E-state index >= 15 is 0 Å². The Balaban J connectivity index is 1.85. The second kappa shape index (κ2) is 8.31. The summed E-state index contributed by atoms with van der Waals surface area (Å²) in [5, 5.41) is 11.3. The van der Waals surface area contributed by atoms with E-state index in [2.05, 4.69) is 130 Å². The van der Waals surface area contributed by atoms with Gasteiger partial charge < -0.3 is 0 Å². The molecule has 0 spiro atoms. The van der Waals surface area contributed by atoms with E-state index < -0.39 is 5.31 Å². The van der Waals surface area contributed by atoms with Gasteiger partial charge in [0.2, 0.25) is 0 Å². The number of halogens is 1. The Kier molecular flexibility index (Phi) is 5.45. The molecule has 0 unspecified atom stereocenters. The van der Waals surface area contributed by atoms with E-state index in [0.717, 1.165) is 17.1 Å². The van der Waals surface area contributed by atoms with Gasteiger partial charge in [0.25, 0.3) is 0 Å². The van der Waals surface area contributed by atoms with E-state index in [1.165, 1.54) is 21.6 Å². The molecule has 5 aromatic rings. The summed E-state index contributed by atoms with van der Waals surface area (Å²) in [6, 6.07) is 43.0. The maximum atomic E-state index is 9.39. The number of benzene rings is 4. The molecule has 0 N–H and O–H groups in total. The number of aryl methyl sites for hydroxylation is 1. The van der Waals surface area contributed by atoms with Gasteiger partial charge in [0, 0.05) is 0 Å². The van der Waals surface area contributed by atoms with Gasteiger partial charge in [-0.1, -0.05) is 0 Å². The molecule has 1 heterocycles. The number of fused-ring (bicyclic) bond motifs is 1. The quantitative estimate of drug-likeness (QED) is 0.252. The molecule has 4 aromatic carbocycles.